The predicted molar refractivity (Wildman–Crippen MR) is 71.0 cm³/mol. The van der Waals surface area contributed by atoms with Crippen LogP contribution in [0.25, 0.3) is 0 Å². The molecule has 18 heavy (non-hydrogen) atoms. The lowest BCUT2D eigenvalue weighted by molar-refractivity contribution is 0.0697. The summed E-state index contributed by atoms with van der Waals surface area (Å²) in [4.78, 5) is 13.2. The van der Waals surface area contributed by atoms with Crippen LogP contribution < -0.4 is 4.90 Å². The van der Waals surface area contributed by atoms with Crippen molar-refractivity contribution in [1.82, 2.24) is 10.2 Å². The van der Waals surface area contributed by atoms with Gasteiger partial charge in [0.15, 0.2) is 5.82 Å². The number of unbranched alkanes of at least 4 members (excludes halogenated alkanes) is 2. The fourth-order valence-electron chi connectivity index (χ4n) is 1.75. The third-order valence-corrected chi connectivity index (χ3v) is 2.79. The number of nitrogens with zero attached hydrogens (tertiary/aromatic N) is 3. The third-order valence-electron chi connectivity index (χ3n) is 2.79. The average Bonchev–Trinajstić information content (AvgIpc) is 2.39. The fraction of sp³-hybridized carbons (Fsp3) is 0.615. The summed E-state index contributed by atoms with van der Waals surface area (Å²) in [5.41, 5.74) is 0.234. The number of hydrogen-bond donors (Lipinski definition) is 1. The van der Waals surface area contributed by atoms with Gasteiger partial charge >= 0.3 is 5.97 Å². The molecule has 0 saturated heterocycles. The lowest BCUT2D eigenvalue weighted by Crippen LogP contribution is -2.28. The zero-order valence-electron chi connectivity index (χ0n) is 11.1. The Morgan fingerprint density at radius 2 is 1.89 bits per heavy atom. The van der Waals surface area contributed by atoms with Gasteiger partial charge in [-0.05, 0) is 18.9 Å². The normalized spacial score (nSPS) is 10.3. The first-order chi connectivity index (χ1) is 8.70. The summed E-state index contributed by atoms with van der Waals surface area (Å²) < 4.78 is 0. The lowest BCUT2D eigenvalue weighted by Gasteiger charge is -2.24. The quantitative estimate of drug-likeness (QED) is 0.769. The number of anilines is 1. The number of carbonyl (C=O) groups is 1. The first kappa shape index (κ1) is 14.4. The SMILES string of the molecule is CCCCN(CCCC)c1nnccc1C(=O)O. The molecule has 0 radical (unpaired) electrons. The monoisotopic (exact) mass is 251 g/mol. The van der Waals surface area contributed by atoms with E-state index in [1.807, 2.05) is 4.90 Å². The maximum atomic E-state index is 11.2. The van der Waals surface area contributed by atoms with Gasteiger partial charge in [0.1, 0.15) is 5.56 Å². The van der Waals surface area contributed by atoms with E-state index in [1.165, 1.54) is 12.3 Å². The summed E-state index contributed by atoms with van der Waals surface area (Å²) in [6, 6.07) is 1.51. The molecule has 0 aromatic carbocycles. The summed E-state index contributed by atoms with van der Waals surface area (Å²) in [6.07, 6.45) is 5.63. The molecule has 0 atom stereocenters. The smallest absolute Gasteiger partial charge is 0.339 e. The van der Waals surface area contributed by atoms with E-state index < -0.39 is 5.97 Å². The molecule has 0 spiro atoms. The van der Waals surface area contributed by atoms with Gasteiger partial charge < -0.3 is 10.0 Å². The molecular formula is C13H21N3O2. The van der Waals surface area contributed by atoms with Crippen molar-refractivity contribution in [3.8, 4) is 0 Å². The highest BCUT2D eigenvalue weighted by Gasteiger charge is 2.17. The average molecular weight is 251 g/mol. The van der Waals surface area contributed by atoms with Crippen LogP contribution in [0.5, 0.6) is 0 Å². The number of aromatic nitrogens is 2. The Bertz CT molecular complexity index is 374. The van der Waals surface area contributed by atoms with Crippen LogP contribution >= 0.6 is 0 Å². The Morgan fingerprint density at radius 1 is 1.28 bits per heavy atom. The van der Waals surface area contributed by atoms with Crippen molar-refractivity contribution in [2.45, 2.75) is 39.5 Å². The van der Waals surface area contributed by atoms with Crippen LogP contribution in [-0.2, 0) is 0 Å². The minimum absolute atomic E-state index is 0.234. The topological polar surface area (TPSA) is 66.3 Å². The molecule has 0 aliphatic carbocycles. The summed E-state index contributed by atoms with van der Waals surface area (Å²) in [6.45, 7) is 5.89. The molecule has 0 amide bonds. The van der Waals surface area contributed by atoms with Crippen molar-refractivity contribution >= 4 is 11.8 Å². The Labute approximate surface area is 108 Å². The second kappa shape index (κ2) is 7.63. The minimum Gasteiger partial charge on any atom is -0.478 e. The summed E-state index contributed by atoms with van der Waals surface area (Å²) >= 11 is 0. The van der Waals surface area contributed by atoms with E-state index in [0.29, 0.717) is 5.82 Å². The molecule has 0 unspecified atom stereocenters. The molecule has 0 fully saturated rings. The van der Waals surface area contributed by atoms with Crippen molar-refractivity contribution in [2.75, 3.05) is 18.0 Å². The molecular weight excluding hydrogens is 230 g/mol. The highest BCUT2D eigenvalue weighted by atomic mass is 16.4. The van der Waals surface area contributed by atoms with Gasteiger partial charge in [0, 0.05) is 13.1 Å². The second-order valence-corrected chi connectivity index (χ2v) is 4.27. The maximum Gasteiger partial charge on any atom is 0.339 e. The molecule has 1 rings (SSSR count). The van der Waals surface area contributed by atoms with Crippen LogP contribution in [0.4, 0.5) is 5.82 Å². The van der Waals surface area contributed by atoms with Gasteiger partial charge in [-0.3, -0.25) is 0 Å². The van der Waals surface area contributed by atoms with E-state index in [0.717, 1.165) is 38.8 Å². The molecule has 1 N–H and O–H groups in total. The van der Waals surface area contributed by atoms with Gasteiger partial charge in [-0.15, -0.1) is 5.10 Å². The lowest BCUT2D eigenvalue weighted by atomic mass is 10.2. The molecule has 0 aliphatic rings. The predicted octanol–water partition coefficient (Wildman–Crippen LogP) is 2.58. The van der Waals surface area contributed by atoms with Gasteiger partial charge in [0.25, 0.3) is 0 Å². The van der Waals surface area contributed by atoms with E-state index in [9.17, 15) is 9.90 Å². The fourth-order valence-corrected chi connectivity index (χ4v) is 1.75. The van der Waals surface area contributed by atoms with Gasteiger partial charge in [0.2, 0.25) is 0 Å². The van der Waals surface area contributed by atoms with Crippen LogP contribution in [0.2, 0.25) is 0 Å². The molecule has 0 aliphatic heterocycles. The van der Waals surface area contributed by atoms with Crippen molar-refractivity contribution < 1.29 is 9.90 Å². The third kappa shape index (κ3) is 3.98. The standard InChI is InChI=1S/C13H21N3O2/c1-3-5-9-16(10-6-4-2)12-11(13(17)18)7-8-14-15-12/h7-8H,3-6,9-10H2,1-2H3,(H,17,18). The van der Waals surface area contributed by atoms with Crippen molar-refractivity contribution in [3.63, 3.8) is 0 Å². The number of hydrogen-bond acceptors (Lipinski definition) is 4. The van der Waals surface area contributed by atoms with Gasteiger partial charge in [-0.25, -0.2) is 4.79 Å². The highest BCUT2D eigenvalue weighted by molar-refractivity contribution is 5.93. The van der Waals surface area contributed by atoms with Gasteiger partial charge in [0.05, 0.1) is 6.20 Å². The number of aromatic carboxylic acids is 1. The van der Waals surface area contributed by atoms with Crippen LogP contribution in [0, 0.1) is 0 Å². The molecule has 0 bridgehead atoms. The van der Waals surface area contributed by atoms with E-state index in [4.69, 9.17) is 0 Å². The van der Waals surface area contributed by atoms with Gasteiger partial charge in [-0.1, -0.05) is 26.7 Å². The molecule has 1 heterocycles. The van der Waals surface area contributed by atoms with Crippen LogP contribution in [0.3, 0.4) is 0 Å². The van der Waals surface area contributed by atoms with Crippen LogP contribution in [-0.4, -0.2) is 34.4 Å². The first-order valence-electron chi connectivity index (χ1n) is 6.50. The first-order valence-corrected chi connectivity index (χ1v) is 6.50. The molecule has 1 aromatic rings. The Hall–Kier alpha value is -1.65. The zero-order chi connectivity index (χ0) is 13.4. The van der Waals surface area contributed by atoms with Crippen LogP contribution in [0.1, 0.15) is 49.9 Å². The largest absolute Gasteiger partial charge is 0.478 e. The molecule has 1 aromatic heterocycles. The summed E-state index contributed by atoms with van der Waals surface area (Å²) in [5.74, 6) is -0.454. The van der Waals surface area contributed by atoms with Crippen LogP contribution in [0.15, 0.2) is 12.3 Å². The summed E-state index contributed by atoms with van der Waals surface area (Å²) in [7, 11) is 0. The second-order valence-electron chi connectivity index (χ2n) is 4.27. The minimum atomic E-state index is -0.946. The van der Waals surface area contributed by atoms with Crippen molar-refractivity contribution in [2.24, 2.45) is 0 Å². The zero-order valence-corrected chi connectivity index (χ0v) is 11.1. The van der Waals surface area contributed by atoms with Crippen molar-refractivity contribution in [3.05, 3.63) is 17.8 Å². The van der Waals surface area contributed by atoms with E-state index >= 15 is 0 Å². The number of rotatable bonds is 8. The Kier molecular flexibility index (Phi) is 6.11. The molecule has 5 nitrogen and oxygen atoms in total. The highest BCUT2D eigenvalue weighted by Crippen LogP contribution is 2.17. The van der Waals surface area contributed by atoms with E-state index in [2.05, 4.69) is 24.0 Å². The van der Waals surface area contributed by atoms with E-state index in [1.54, 1.807) is 0 Å². The molecule has 100 valence electrons. The maximum absolute atomic E-state index is 11.2. The van der Waals surface area contributed by atoms with Gasteiger partial charge in [-0.2, -0.15) is 5.10 Å². The Balaban J connectivity index is 2.92. The number of carboxylic acid groups (broad SMARTS) is 1. The van der Waals surface area contributed by atoms with Crippen molar-refractivity contribution in [1.29, 1.82) is 0 Å². The molecule has 5 heteroatoms. The van der Waals surface area contributed by atoms with E-state index in [-0.39, 0.29) is 5.56 Å². The Morgan fingerprint density at radius 3 is 2.39 bits per heavy atom. The summed E-state index contributed by atoms with van der Waals surface area (Å²) in [5, 5.41) is 17.0. The molecule has 0 saturated carbocycles. The number of carboxylic acids is 1.